The Labute approximate surface area is 186 Å². The van der Waals surface area contributed by atoms with E-state index >= 15 is 0 Å². The molecule has 0 heterocycles. The summed E-state index contributed by atoms with van der Waals surface area (Å²) < 4.78 is 0. The smallest absolute Gasteiger partial charge is 0.161 e. The lowest BCUT2D eigenvalue weighted by Gasteiger charge is -2.60. The van der Waals surface area contributed by atoms with Crippen molar-refractivity contribution in [1.29, 1.82) is 0 Å². The van der Waals surface area contributed by atoms with Gasteiger partial charge in [-0.25, -0.2) is 0 Å². The van der Waals surface area contributed by atoms with E-state index in [-0.39, 0.29) is 10.8 Å². The molecule has 4 rings (SSSR count). The van der Waals surface area contributed by atoms with Gasteiger partial charge in [0.2, 0.25) is 0 Å². The normalized spacial score (nSPS) is 43.6. The Morgan fingerprint density at radius 2 is 1.70 bits per heavy atom. The number of carbonyl (C=O) groups is 1. The first kappa shape index (κ1) is 22.6. The molecule has 170 valence electrons. The van der Waals surface area contributed by atoms with E-state index in [0.29, 0.717) is 11.2 Å². The van der Waals surface area contributed by atoms with Gasteiger partial charge in [0.15, 0.2) is 5.78 Å². The molecule has 30 heavy (non-hydrogen) atoms. The maximum atomic E-state index is 12.7. The second-order valence-corrected chi connectivity index (χ2v) is 13.5. The molecule has 1 nitrogen and oxygen atoms in total. The molecule has 4 aliphatic carbocycles. The van der Waals surface area contributed by atoms with Crippen LogP contribution in [0.2, 0.25) is 0 Å². The highest BCUT2D eigenvalue weighted by Gasteiger charge is 2.60. The number of hydrogen-bond donors (Lipinski definition) is 0. The summed E-state index contributed by atoms with van der Waals surface area (Å²) in [4.78, 5) is 12.7. The monoisotopic (exact) mass is 412 g/mol. The molecule has 1 heteroatoms. The van der Waals surface area contributed by atoms with Gasteiger partial charge in [-0.05, 0) is 97.4 Å². The average Bonchev–Trinajstić information content (AvgIpc) is 2.99. The molecule has 3 saturated carbocycles. The third-order valence-corrected chi connectivity index (χ3v) is 10.7. The Morgan fingerprint density at radius 1 is 0.967 bits per heavy atom. The zero-order valence-electron chi connectivity index (χ0n) is 21.0. The van der Waals surface area contributed by atoms with Gasteiger partial charge < -0.3 is 0 Å². The highest BCUT2D eigenvalue weighted by Crippen LogP contribution is 2.68. The highest BCUT2D eigenvalue weighted by atomic mass is 16.1. The van der Waals surface area contributed by atoms with Crippen LogP contribution < -0.4 is 0 Å². The van der Waals surface area contributed by atoms with Gasteiger partial charge in [-0.2, -0.15) is 0 Å². The predicted molar refractivity (Wildman–Crippen MR) is 127 cm³/mol. The lowest BCUT2D eigenvalue weighted by Crippen LogP contribution is -2.53. The van der Waals surface area contributed by atoms with E-state index in [9.17, 15) is 4.79 Å². The Balaban J connectivity index is 1.53. The summed E-state index contributed by atoms with van der Waals surface area (Å²) in [6.45, 7) is 16.9. The Hall–Kier alpha value is -0.590. The Bertz CT molecular complexity index is 699. The van der Waals surface area contributed by atoms with Crippen molar-refractivity contribution >= 4 is 5.78 Å². The van der Waals surface area contributed by atoms with Gasteiger partial charge >= 0.3 is 0 Å². The zero-order valence-corrected chi connectivity index (χ0v) is 21.0. The molecule has 0 radical (unpaired) electrons. The van der Waals surface area contributed by atoms with Crippen LogP contribution in [0.5, 0.6) is 0 Å². The van der Waals surface area contributed by atoms with Crippen LogP contribution in [0, 0.1) is 51.8 Å². The van der Waals surface area contributed by atoms with Crippen molar-refractivity contribution in [3.63, 3.8) is 0 Å². The fourth-order valence-corrected chi connectivity index (χ4v) is 9.19. The van der Waals surface area contributed by atoms with Crippen molar-refractivity contribution in [3.8, 4) is 0 Å². The minimum atomic E-state index is -0.177. The lowest BCUT2D eigenvalue weighted by atomic mass is 9.44. The maximum absolute atomic E-state index is 12.7. The Morgan fingerprint density at radius 3 is 2.40 bits per heavy atom. The SMILES string of the molecule is CC(C)CCCC(C)[C@H]1CC[C@H]2[C@@H]3CCC4=CC(=O)C(C)(C)C[C@]4(C)[C@H]3CC[C@]12C. The minimum Gasteiger partial charge on any atom is -0.294 e. The summed E-state index contributed by atoms with van der Waals surface area (Å²) in [5.74, 6) is 5.66. The van der Waals surface area contributed by atoms with Crippen molar-refractivity contribution in [2.45, 2.75) is 113 Å². The van der Waals surface area contributed by atoms with E-state index in [4.69, 9.17) is 0 Å². The van der Waals surface area contributed by atoms with E-state index in [1.807, 2.05) is 0 Å². The molecular weight excluding hydrogens is 364 g/mol. The zero-order chi connectivity index (χ0) is 21.9. The first-order valence-corrected chi connectivity index (χ1v) is 13.2. The van der Waals surface area contributed by atoms with Crippen LogP contribution in [-0.4, -0.2) is 5.78 Å². The van der Waals surface area contributed by atoms with Crippen LogP contribution in [0.15, 0.2) is 11.6 Å². The number of fused-ring (bicyclic) bond motifs is 5. The predicted octanol–water partition coefficient (Wildman–Crippen LogP) is 8.23. The third kappa shape index (κ3) is 3.55. The first-order chi connectivity index (χ1) is 14.0. The molecule has 0 amide bonds. The Kier molecular flexibility index (Phi) is 5.85. The summed E-state index contributed by atoms with van der Waals surface area (Å²) in [5.41, 5.74) is 2.16. The topological polar surface area (TPSA) is 17.1 Å². The number of allylic oxidation sites excluding steroid dienone is 1. The molecule has 0 N–H and O–H groups in total. The number of rotatable bonds is 5. The van der Waals surface area contributed by atoms with Gasteiger partial charge in [-0.15, -0.1) is 0 Å². The van der Waals surface area contributed by atoms with Crippen LogP contribution >= 0.6 is 0 Å². The summed E-state index contributed by atoms with van der Waals surface area (Å²) in [6.07, 6.45) is 15.7. The van der Waals surface area contributed by atoms with Gasteiger partial charge in [0.05, 0.1) is 0 Å². The quantitative estimate of drug-likeness (QED) is 0.444. The minimum absolute atomic E-state index is 0.177. The van der Waals surface area contributed by atoms with Crippen molar-refractivity contribution < 1.29 is 4.79 Å². The molecule has 0 aliphatic heterocycles. The molecule has 0 aromatic rings. The third-order valence-electron chi connectivity index (χ3n) is 10.7. The molecule has 7 atom stereocenters. The molecule has 0 aromatic carbocycles. The van der Waals surface area contributed by atoms with Gasteiger partial charge in [0.25, 0.3) is 0 Å². The highest BCUT2D eigenvalue weighted by molar-refractivity contribution is 5.96. The fourth-order valence-electron chi connectivity index (χ4n) is 9.19. The second-order valence-electron chi connectivity index (χ2n) is 13.5. The van der Waals surface area contributed by atoms with Crippen LogP contribution in [-0.2, 0) is 4.79 Å². The van der Waals surface area contributed by atoms with Gasteiger partial charge in [-0.3, -0.25) is 4.79 Å². The average molecular weight is 413 g/mol. The van der Waals surface area contributed by atoms with Crippen molar-refractivity contribution in [2.75, 3.05) is 0 Å². The molecule has 4 aliphatic rings. The van der Waals surface area contributed by atoms with Crippen molar-refractivity contribution in [1.82, 2.24) is 0 Å². The summed E-state index contributed by atoms with van der Waals surface area (Å²) in [6, 6.07) is 0. The van der Waals surface area contributed by atoms with Crippen LogP contribution in [0.4, 0.5) is 0 Å². The molecular formula is C29H48O. The number of carbonyl (C=O) groups excluding carboxylic acids is 1. The van der Waals surface area contributed by atoms with Crippen molar-refractivity contribution in [2.24, 2.45) is 51.8 Å². The van der Waals surface area contributed by atoms with E-state index in [2.05, 4.69) is 54.5 Å². The van der Waals surface area contributed by atoms with Crippen LogP contribution in [0.25, 0.3) is 0 Å². The van der Waals surface area contributed by atoms with E-state index in [1.165, 1.54) is 63.4 Å². The summed E-state index contributed by atoms with van der Waals surface area (Å²) >= 11 is 0. The van der Waals surface area contributed by atoms with Crippen LogP contribution in [0.3, 0.4) is 0 Å². The van der Waals surface area contributed by atoms with Crippen molar-refractivity contribution in [3.05, 3.63) is 11.6 Å². The van der Waals surface area contributed by atoms with E-state index in [1.54, 1.807) is 0 Å². The first-order valence-electron chi connectivity index (χ1n) is 13.2. The molecule has 0 bridgehead atoms. The molecule has 0 saturated heterocycles. The number of hydrogen-bond acceptors (Lipinski definition) is 1. The lowest BCUT2D eigenvalue weighted by molar-refractivity contribution is -0.128. The standard InChI is InChI=1S/C29H48O/c1-19(2)9-8-10-20(3)23-13-14-24-22-12-11-21-17-26(30)27(4,5)18-29(21,7)25(22)15-16-28(23,24)6/h17,19-20,22-25H,8-16,18H2,1-7H3/t20?,22-,23+,24-,25-,28+,29-/m0/s1. The molecule has 0 spiro atoms. The molecule has 3 fully saturated rings. The van der Waals surface area contributed by atoms with Gasteiger partial charge in [-0.1, -0.05) is 73.3 Å². The summed E-state index contributed by atoms with van der Waals surface area (Å²) in [5, 5.41) is 0. The molecule has 1 unspecified atom stereocenters. The molecule has 0 aromatic heterocycles. The van der Waals surface area contributed by atoms with E-state index < -0.39 is 0 Å². The second kappa shape index (κ2) is 7.77. The van der Waals surface area contributed by atoms with Crippen LogP contribution in [0.1, 0.15) is 113 Å². The van der Waals surface area contributed by atoms with E-state index in [0.717, 1.165) is 41.9 Å². The summed E-state index contributed by atoms with van der Waals surface area (Å²) in [7, 11) is 0. The fraction of sp³-hybridized carbons (Fsp3) is 0.897. The number of ketones is 1. The maximum Gasteiger partial charge on any atom is 0.161 e. The largest absolute Gasteiger partial charge is 0.294 e. The van der Waals surface area contributed by atoms with Gasteiger partial charge in [0, 0.05) is 5.41 Å². The van der Waals surface area contributed by atoms with Gasteiger partial charge in [0.1, 0.15) is 0 Å².